The van der Waals surface area contributed by atoms with Crippen LogP contribution in [0.25, 0.3) is 0 Å². The van der Waals surface area contributed by atoms with Gasteiger partial charge in [-0.05, 0) is 49.8 Å². The normalized spacial score (nSPS) is 9.86. The largest absolute Gasteiger partial charge is 0.497 e. The Balaban J connectivity index is 1.92. The first-order chi connectivity index (χ1) is 10.1. The highest BCUT2D eigenvalue weighted by Crippen LogP contribution is 2.17. The molecule has 0 aliphatic heterocycles. The minimum Gasteiger partial charge on any atom is -0.497 e. The van der Waals surface area contributed by atoms with Gasteiger partial charge in [-0.2, -0.15) is 0 Å². The lowest BCUT2D eigenvalue weighted by atomic mass is 10.1. The van der Waals surface area contributed by atoms with Crippen molar-refractivity contribution in [3.05, 3.63) is 53.6 Å². The van der Waals surface area contributed by atoms with E-state index in [0.717, 1.165) is 22.7 Å². The maximum absolute atomic E-state index is 5.26. The van der Waals surface area contributed by atoms with E-state index in [1.807, 2.05) is 30.3 Å². The highest BCUT2D eigenvalue weighted by atomic mass is 32.1. The SMILES string of the molecule is COc1cccc(NC(=S)NNc2ccc(C)cc2C)c1. The van der Waals surface area contributed by atoms with Crippen LogP contribution in [-0.2, 0) is 0 Å². The molecule has 0 aliphatic rings. The van der Waals surface area contributed by atoms with Gasteiger partial charge in [-0.3, -0.25) is 10.9 Å². The Hall–Kier alpha value is -2.27. The predicted molar refractivity (Wildman–Crippen MR) is 91.9 cm³/mol. The average molecular weight is 301 g/mol. The van der Waals surface area contributed by atoms with Gasteiger partial charge < -0.3 is 10.1 Å². The molecule has 0 radical (unpaired) electrons. The first kappa shape index (κ1) is 15.1. The monoisotopic (exact) mass is 301 g/mol. The summed E-state index contributed by atoms with van der Waals surface area (Å²) < 4.78 is 5.17. The van der Waals surface area contributed by atoms with E-state index < -0.39 is 0 Å². The van der Waals surface area contributed by atoms with Crippen molar-refractivity contribution in [1.29, 1.82) is 0 Å². The molecular formula is C16H19N3OS. The second kappa shape index (κ2) is 6.95. The van der Waals surface area contributed by atoms with Crippen molar-refractivity contribution in [2.75, 3.05) is 17.9 Å². The van der Waals surface area contributed by atoms with Crippen molar-refractivity contribution in [3.8, 4) is 5.75 Å². The van der Waals surface area contributed by atoms with Crippen LogP contribution in [0, 0.1) is 13.8 Å². The van der Waals surface area contributed by atoms with Crippen LogP contribution in [0.15, 0.2) is 42.5 Å². The molecule has 110 valence electrons. The third-order valence-electron chi connectivity index (χ3n) is 3.02. The second-order valence-corrected chi connectivity index (χ2v) is 5.16. The Morgan fingerprint density at radius 1 is 1.10 bits per heavy atom. The van der Waals surface area contributed by atoms with Gasteiger partial charge in [0.2, 0.25) is 0 Å². The lowest BCUT2D eigenvalue weighted by molar-refractivity contribution is 0.415. The predicted octanol–water partition coefficient (Wildman–Crippen LogP) is 3.63. The summed E-state index contributed by atoms with van der Waals surface area (Å²) in [6.07, 6.45) is 0. The van der Waals surface area contributed by atoms with Crippen molar-refractivity contribution in [3.63, 3.8) is 0 Å². The molecule has 3 N–H and O–H groups in total. The van der Waals surface area contributed by atoms with Crippen molar-refractivity contribution < 1.29 is 4.74 Å². The summed E-state index contributed by atoms with van der Waals surface area (Å²) >= 11 is 5.26. The molecule has 0 aromatic heterocycles. The summed E-state index contributed by atoms with van der Waals surface area (Å²) in [5, 5.41) is 3.58. The lowest BCUT2D eigenvalue weighted by Crippen LogP contribution is -2.33. The van der Waals surface area contributed by atoms with Gasteiger partial charge in [0.05, 0.1) is 12.8 Å². The number of rotatable bonds is 4. The number of benzene rings is 2. The molecule has 4 nitrogen and oxygen atoms in total. The Bertz CT molecular complexity index is 643. The standard InChI is InChI=1S/C16H19N3OS/c1-11-7-8-15(12(2)9-11)18-19-16(21)17-13-5-4-6-14(10-13)20-3/h4-10,18H,1-3H3,(H2,17,19,21). The van der Waals surface area contributed by atoms with Crippen LogP contribution in [0.2, 0.25) is 0 Å². The fourth-order valence-electron chi connectivity index (χ4n) is 1.94. The summed E-state index contributed by atoms with van der Waals surface area (Å²) in [5.74, 6) is 0.783. The highest BCUT2D eigenvalue weighted by molar-refractivity contribution is 7.80. The van der Waals surface area contributed by atoms with Gasteiger partial charge in [0.25, 0.3) is 0 Å². The average Bonchev–Trinajstić information content (AvgIpc) is 2.46. The van der Waals surface area contributed by atoms with Crippen molar-refractivity contribution in [1.82, 2.24) is 5.43 Å². The van der Waals surface area contributed by atoms with Gasteiger partial charge in [-0.25, -0.2) is 0 Å². The van der Waals surface area contributed by atoms with Crippen LogP contribution in [-0.4, -0.2) is 12.2 Å². The number of hydrogen-bond acceptors (Lipinski definition) is 3. The molecule has 21 heavy (non-hydrogen) atoms. The first-order valence-corrected chi connectivity index (χ1v) is 7.03. The molecule has 0 spiro atoms. The molecule has 0 amide bonds. The van der Waals surface area contributed by atoms with Crippen LogP contribution < -0.4 is 20.9 Å². The summed E-state index contributed by atoms with van der Waals surface area (Å²) in [4.78, 5) is 0. The Labute approximate surface area is 130 Å². The first-order valence-electron chi connectivity index (χ1n) is 6.63. The number of thiocarbonyl (C=S) groups is 1. The fraction of sp³-hybridized carbons (Fsp3) is 0.188. The van der Waals surface area contributed by atoms with E-state index in [1.54, 1.807) is 7.11 Å². The van der Waals surface area contributed by atoms with E-state index in [2.05, 4.69) is 42.1 Å². The van der Waals surface area contributed by atoms with Crippen LogP contribution in [0.4, 0.5) is 11.4 Å². The number of aryl methyl sites for hydroxylation is 2. The van der Waals surface area contributed by atoms with Crippen molar-refractivity contribution in [2.45, 2.75) is 13.8 Å². The lowest BCUT2D eigenvalue weighted by Gasteiger charge is -2.14. The maximum atomic E-state index is 5.26. The third kappa shape index (κ3) is 4.36. The van der Waals surface area contributed by atoms with Gasteiger partial charge in [0, 0.05) is 11.8 Å². The third-order valence-corrected chi connectivity index (χ3v) is 3.22. The molecule has 0 saturated heterocycles. The van der Waals surface area contributed by atoms with Crippen LogP contribution in [0.5, 0.6) is 5.75 Å². The van der Waals surface area contributed by atoms with E-state index in [0.29, 0.717) is 5.11 Å². The summed E-state index contributed by atoms with van der Waals surface area (Å²) in [7, 11) is 1.64. The minimum absolute atomic E-state index is 0.489. The molecule has 2 aromatic carbocycles. The molecule has 0 heterocycles. The smallest absolute Gasteiger partial charge is 0.189 e. The summed E-state index contributed by atoms with van der Waals surface area (Å²) in [6.45, 7) is 4.12. The van der Waals surface area contributed by atoms with Gasteiger partial charge in [-0.1, -0.05) is 23.8 Å². The zero-order valence-electron chi connectivity index (χ0n) is 12.4. The minimum atomic E-state index is 0.489. The summed E-state index contributed by atoms with van der Waals surface area (Å²) in [6, 6.07) is 13.8. The van der Waals surface area contributed by atoms with E-state index in [4.69, 9.17) is 17.0 Å². The number of hydrazine groups is 1. The van der Waals surface area contributed by atoms with E-state index in [1.165, 1.54) is 5.56 Å². The Morgan fingerprint density at radius 2 is 1.90 bits per heavy atom. The topological polar surface area (TPSA) is 45.3 Å². The maximum Gasteiger partial charge on any atom is 0.189 e. The quantitative estimate of drug-likeness (QED) is 0.594. The molecular weight excluding hydrogens is 282 g/mol. The molecule has 0 fully saturated rings. The van der Waals surface area contributed by atoms with Crippen LogP contribution >= 0.6 is 12.2 Å². The zero-order chi connectivity index (χ0) is 15.2. The highest BCUT2D eigenvalue weighted by Gasteiger charge is 2.01. The van der Waals surface area contributed by atoms with E-state index in [9.17, 15) is 0 Å². The molecule has 2 aromatic rings. The van der Waals surface area contributed by atoms with Crippen LogP contribution in [0.1, 0.15) is 11.1 Å². The molecule has 0 atom stereocenters. The Morgan fingerprint density at radius 3 is 2.62 bits per heavy atom. The number of anilines is 2. The van der Waals surface area contributed by atoms with Gasteiger partial charge in [-0.15, -0.1) is 0 Å². The molecule has 0 saturated carbocycles. The molecule has 0 bridgehead atoms. The second-order valence-electron chi connectivity index (χ2n) is 4.75. The van der Waals surface area contributed by atoms with Gasteiger partial charge in [0.1, 0.15) is 5.75 Å². The van der Waals surface area contributed by atoms with E-state index >= 15 is 0 Å². The van der Waals surface area contributed by atoms with Crippen molar-refractivity contribution in [2.24, 2.45) is 0 Å². The zero-order valence-corrected chi connectivity index (χ0v) is 13.2. The number of methoxy groups -OCH3 is 1. The summed E-state index contributed by atoms with van der Waals surface area (Å²) in [5.41, 5.74) is 10.3. The molecule has 0 aliphatic carbocycles. The molecule has 0 unspecified atom stereocenters. The molecule has 2 rings (SSSR count). The van der Waals surface area contributed by atoms with Crippen molar-refractivity contribution >= 4 is 28.7 Å². The van der Waals surface area contributed by atoms with Gasteiger partial charge in [0.15, 0.2) is 5.11 Å². The fourth-order valence-corrected chi connectivity index (χ4v) is 2.11. The van der Waals surface area contributed by atoms with Crippen LogP contribution in [0.3, 0.4) is 0 Å². The number of hydrogen-bond donors (Lipinski definition) is 3. The Kier molecular flexibility index (Phi) is 5.00. The van der Waals surface area contributed by atoms with Gasteiger partial charge >= 0.3 is 0 Å². The number of nitrogens with one attached hydrogen (secondary N) is 3. The number of ether oxygens (including phenoxy) is 1. The molecule has 5 heteroatoms. The van der Waals surface area contributed by atoms with E-state index in [-0.39, 0.29) is 0 Å².